The minimum Gasteiger partial charge on any atom is -0.370 e. The highest BCUT2D eigenvalue weighted by Gasteiger charge is 1.95. The number of aliphatic imine (C=N–C) groups is 1. The first-order valence-electron chi connectivity index (χ1n) is 5.20. The summed E-state index contributed by atoms with van der Waals surface area (Å²) in [5, 5.41) is 0. The second kappa shape index (κ2) is 8.43. The van der Waals surface area contributed by atoms with Crippen LogP contribution in [0.15, 0.2) is 4.99 Å². The van der Waals surface area contributed by atoms with Gasteiger partial charge >= 0.3 is 0 Å². The Hall–Kier alpha value is -1.17. The Morgan fingerprint density at radius 2 is 2.07 bits per heavy atom. The first-order chi connectivity index (χ1) is 6.66. The van der Waals surface area contributed by atoms with E-state index < -0.39 is 0 Å². The van der Waals surface area contributed by atoms with Crippen LogP contribution in [-0.4, -0.2) is 12.5 Å². The predicted octanol–water partition coefficient (Wildman–Crippen LogP) is 1.48. The van der Waals surface area contributed by atoms with E-state index in [1.807, 2.05) is 0 Å². The Labute approximate surface area is 87.0 Å². The van der Waals surface area contributed by atoms with Crippen molar-refractivity contribution in [2.24, 2.45) is 22.4 Å². The molecule has 14 heavy (non-hydrogen) atoms. The van der Waals surface area contributed by atoms with Gasteiger partial charge in [-0.15, -0.1) is 0 Å². The molecule has 3 heteroatoms. The Kier molecular flexibility index (Phi) is 7.72. The van der Waals surface area contributed by atoms with Crippen LogP contribution in [0.25, 0.3) is 0 Å². The molecule has 3 nitrogen and oxygen atoms in total. The third kappa shape index (κ3) is 8.92. The van der Waals surface area contributed by atoms with Gasteiger partial charge in [0.25, 0.3) is 0 Å². The molecular formula is C11H21N3. The topological polar surface area (TPSA) is 64.4 Å². The monoisotopic (exact) mass is 195 g/mol. The molecule has 0 bridgehead atoms. The van der Waals surface area contributed by atoms with Gasteiger partial charge in [-0.05, 0) is 6.42 Å². The minimum absolute atomic E-state index is 0.109. The molecule has 0 aliphatic heterocycles. The Morgan fingerprint density at radius 3 is 2.64 bits per heavy atom. The second-order valence-electron chi connectivity index (χ2n) is 3.46. The van der Waals surface area contributed by atoms with E-state index in [2.05, 4.69) is 30.7 Å². The molecule has 0 heterocycles. The molecule has 0 spiro atoms. The minimum atomic E-state index is 0.109. The summed E-state index contributed by atoms with van der Waals surface area (Å²) in [6, 6.07) is 0. The zero-order valence-electron chi connectivity index (χ0n) is 9.21. The van der Waals surface area contributed by atoms with E-state index >= 15 is 0 Å². The van der Waals surface area contributed by atoms with E-state index in [0.717, 1.165) is 0 Å². The summed E-state index contributed by atoms with van der Waals surface area (Å²) in [5.41, 5.74) is 10.3. The lowest BCUT2D eigenvalue weighted by atomic mass is 10.0. The largest absolute Gasteiger partial charge is 0.370 e. The van der Waals surface area contributed by atoms with Gasteiger partial charge in [-0.2, -0.15) is 0 Å². The van der Waals surface area contributed by atoms with Gasteiger partial charge in [0.15, 0.2) is 5.96 Å². The van der Waals surface area contributed by atoms with Gasteiger partial charge < -0.3 is 11.5 Å². The molecule has 4 N–H and O–H groups in total. The fourth-order valence-electron chi connectivity index (χ4n) is 1.12. The van der Waals surface area contributed by atoms with E-state index in [4.69, 9.17) is 11.5 Å². The van der Waals surface area contributed by atoms with Crippen molar-refractivity contribution in [3.05, 3.63) is 0 Å². The summed E-state index contributed by atoms with van der Waals surface area (Å²) in [5.74, 6) is 6.64. The van der Waals surface area contributed by atoms with Crippen molar-refractivity contribution < 1.29 is 0 Å². The molecule has 0 aliphatic rings. The van der Waals surface area contributed by atoms with Crippen LogP contribution in [0, 0.1) is 17.8 Å². The zero-order valence-corrected chi connectivity index (χ0v) is 9.21. The number of hydrogen-bond acceptors (Lipinski definition) is 1. The lowest BCUT2D eigenvalue weighted by Crippen LogP contribution is -2.22. The van der Waals surface area contributed by atoms with Gasteiger partial charge in [-0.25, -0.2) is 4.99 Å². The van der Waals surface area contributed by atoms with Crippen molar-refractivity contribution in [3.63, 3.8) is 0 Å². The van der Waals surface area contributed by atoms with Crippen LogP contribution in [-0.2, 0) is 0 Å². The molecule has 0 aliphatic carbocycles. The average molecular weight is 195 g/mol. The molecular weight excluding hydrogens is 174 g/mol. The molecule has 0 radical (unpaired) electrons. The highest BCUT2D eigenvalue weighted by Crippen LogP contribution is 2.07. The summed E-state index contributed by atoms with van der Waals surface area (Å²) < 4.78 is 0. The Balaban J connectivity index is 3.59. The van der Waals surface area contributed by atoms with Crippen LogP contribution in [0.2, 0.25) is 0 Å². The van der Waals surface area contributed by atoms with Gasteiger partial charge in [-0.1, -0.05) is 45.0 Å². The Morgan fingerprint density at radius 1 is 1.36 bits per heavy atom. The van der Waals surface area contributed by atoms with E-state index in [1.165, 1.54) is 25.7 Å². The molecule has 0 fully saturated rings. The molecule has 0 aromatic rings. The van der Waals surface area contributed by atoms with Crippen molar-refractivity contribution in [2.75, 3.05) is 6.54 Å². The van der Waals surface area contributed by atoms with Gasteiger partial charge in [-0.3, -0.25) is 0 Å². The van der Waals surface area contributed by atoms with Crippen molar-refractivity contribution in [1.29, 1.82) is 0 Å². The molecule has 0 saturated heterocycles. The maximum Gasteiger partial charge on any atom is 0.186 e. The van der Waals surface area contributed by atoms with Crippen LogP contribution in [0.4, 0.5) is 0 Å². The van der Waals surface area contributed by atoms with Crippen molar-refractivity contribution in [2.45, 2.75) is 39.5 Å². The quantitative estimate of drug-likeness (QED) is 0.302. The zero-order chi connectivity index (χ0) is 10.8. The summed E-state index contributed by atoms with van der Waals surface area (Å²) in [6.07, 6.45) is 4.98. The van der Waals surface area contributed by atoms with Gasteiger partial charge in [0.05, 0.1) is 0 Å². The normalized spacial score (nSPS) is 11.3. The summed E-state index contributed by atoms with van der Waals surface area (Å²) in [7, 11) is 0. The molecule has 0 aromatic heterocycles. The number of unbranched alkanes of at least 4 members (excludes halogenated alkanes) is 2. The van der Waals surface area contributed by atoms with Crippen LogP contribution in [0.3, 0.4) is 0 Å². The molecule has 1 unspecified atom stereocenters. The highest BCUT2D eigenvalue weighted by molar-refractivity contribution is 5.75. The molecule has 0 saturated carbocycles. The van der Waals surface area contributed by atoms with E-state index in [1.54, 1.807) is 0 Å². The fraction of sp³-hybridized carbons (Fsp3) is 0.727. The van der Waals surface area contributed by atoms with E-state index in [-0.39, 0.29) is 5.96 Å². The fourth-order valence-corrected chi connectivity index (χ4v) is 1.12. The Bertz CT molecular complexity index is 218. The first kappa shape index (κ1) is 12.8. The summed E-state index contributed by atoms with van der Waals surface area (Å²) in [6.45, 7) is 4.76. The van der Waals surface area contributed by atoms with Gasteiger partial charge in [0, 0.05) is 5.92 Å². The van der Waals surface area contributed by atoms with Crippen LogP contribution in [0.5, 0.6) is 0 Å². The maximum atomic E-state index is 5.17. The molecule has 1 atom stereocenters. The third-order valence-corrected chi connectivity index (χ3v) is 1.93. The van der Waals surface area contributed by atoms with E-state index in [0.29, 0.717) is 12.5 Å². The smallest absolute Gasteiger partial charge is 0.186 e. The maximum absolute atomic E-state index is 5.17. The highest BCUT2D eigenvalue weighted by atomic mass is 15.0. The van der Waals surface area contributed by atoms with Gasteiger partial charge in [0.2, 0.25) is 0 Å². The third-order valence-electron chi connectivity index (χ3n) is 1.93. The van der Waals surface area contributed by atoms with E-state index in [9.17, 15) is 0 Å². The van der Waals surface area contributed by atoms with Crippen LogP contribution < -0.4 is 11.5 Å². The summed E-state index contributed by atoms with van der Waals surface area (Å²) in [4.78, 5) is 3.79. The molecule has 0 rings (SSSR count). The van der Waals surface area contributed by atoms with Crippen molar-refractivity contribution in [3.8, 4) is 11.8 Å². The molecule has 0 amide bonds. The number of nitrogens with zero attached hydrogens (tertiary/aromatic N) is 1. The number of guanidine groups is 1. The summed E-state index contributed by atoms with van der Waals surface area (Å²) >= 11 is 0. The number of nitrogens with two attached hydrogens (primary N) is 2. The van der Waals surface area contributed by atoms with Crippen molar-refractivity contribution in [1.82, 2.24) is 0 Å². The number of hydrogen-bond donors (Lipinski definition) is 2. The molecule has 80 valence electrons. The predicted molar refractivity (Wildman–Crippen MR) is 61.8 cm³/mol. The first-order valence-corrected chi connectivity index (χ1v) is 5.20. The SMILES string of the molecule is CCCCCC(C)C#CCN=C(N)N. The average Bonchev–Trinajstić information content (AvgIpc) is 2.13. The lowest BCUT2D eigenvalue weighted by molar-refractivity contribution is 0.588. The van der Waals surface area contributed by atoms with Crippen LogP contribution in [0.1, 0.15) is 39.5 Å². The van der Waals surface area contributed by atoms with Crippen LogP contribution >= 0.6 is 0 Å². The number of rotatable bonds is 5. The van der Waals surface area contributed by atoms with Gasteiger partial charge in [0.1, 0.15) is 6.54 Å². The second-order valence-corrected chi connectivity index (χ2v) is 3.46. The molecule has 0 aromatic carbocycles. The van der Waals surface area contributed by atoms with Crippen molar-refractivity contribution >= 4 is 5.96 Å². The lowest BCUT2D eigenvalue weighted by Gasteiger charge is -2.01. The standard InChI is InChI=1S/C11H21N3/c1-3-4-5-7-10(2)8-6-9-14-11(12)13/h10H,3-5,7,9H2,1-2H3,(H4,12,13,14).